The zero-order valence-corrected chi connectivity index (χ0v) is 6.57. The molecule has 0 bridgehead atoms. The third-order valence-electron chi connectivity index (χ3n) is 0.691. The normalized spacial score (nSPS) is 10.2. The molecule has 1 heteroatoms. The van der Waals surface area contributed by atoms with Crippen molar-refractivity contribution in [2.75, 3.05) is 0 Å². The minimum Gasteiger partial charge on any atom is -0.157 e. The second kappa shape index (κ2) is 5.27. The minimum absolute atomic E-state index is 1.22. The molecule has 0 aromatic carbocycles. The van der Waals surface area contributed by atoms with Gasteiger partial charge in [-0.25, -0.2) is 0 Å². The van der Waals surface area contributed by atoms with Crippen molar-refractivity contribution in [1.82, 2.24) is 0 Å². The molecule has 0 spiro atoms. The first-order valence-electron chi connectivity index (χ1n) is 2.53. The fourth-order valence-electron chi connectivity index (χ4n) is 0.333. The lowest BCUT2D eigenvalue weighted by atomic mass is 10.3. The summed E-state index contributed by atoms with van der Waals surface area (Å²) in [4.78, 5) is 2.23. The maximum Gasteiger partial charge on any atom is 0.246 e. The van der Waals surface area contributed by atoms with Crippen LogP contribution in [0.15, 0.2) is 11.0 Å². The monoisotopic (exact) mass is 98.1 g/mol. The molecule has 6 heavy (non-hydrogen) atoms. The van der Waals surface area contributed by atoms with Gasteiger partial charge in [-0.1, -0.05) is 13.3 Å². The van der Waals surface area contributed by atoms with E-state index in [4.69, 9.17) is 0 Å². The van der Waals surface area contributed by atoms with Gasteiger partial charge < -0.3 is 0 Å². The lowest BCUT2D eigenvalue weighted by Crippen LogP contribution is -1.58. The third kappa shape index (κ3) is 4.27. The molecule has 0 atom stereocenters. The molecule has 0 fully saturated rings. The molecule has 34 valence electrons. The number of hydrogen-bond donors (Lipinski definition) is 0. The average molecular weight is 98.1 g/mol. The van der Waals surface area contributed by atoms with Crippen molar-refractivity contribution in [2.45, 2.75) is 19.8 Å². The Morgan fingerprint density at radius 2 is 2.33 bits per heavy atom. The lowest BCUT2D eigenvalue weighted by Gasteiger charge is -1.76. The third-order valence-corrected chi connectivity index (χ3v) is 1.16. The first-order chi connectivity index (χ1) is 2.91. The Labute approximate surface area is 47.7 Å². The predicted octanol–water partition coefficient (Wildman–Crippen LogP) is 0.933. The predicted molar refractivity (Wildman–Crippen MR) is 32.6 cm³/mol. The van der Waals surface area contributed by atoms with Crippen molar-refractivity contribution in [2.24, 2.45) is 0 Å². The van der Waals surface area contributed by atoms with Crippen LogP contribution < -0.4 is 0 Å². The van der Waals surface area contributed by atoms with E-state index in [0.29, 0.717) is 0 Å². The first kappa shape index (κ1) is 6.27. The van der Waals surface area contributed by atoms with Gasteiger partial charge >= 0.3 is 0 Å². The van der Waals surface area contributed by atoms with E-state index in [9.17, 15) is 0 Å². The van der Waals surface area contributed by atoms with Crippen LogP contribution in [0.1, 0.15) is 19.8 Å². The summed E-state index contributed by atoms with van der Waals surface area (Å²) in [6.07, 6.45) is 4.80. The fraction of sp³-hybridized carbons (Fsp3) is 0.600. The molecule has 0 nitrogen and oxygen atoms in total. The molecule has 0 aliphatic carbocycles. The zero-order valence-electron chi connectivity index (χ0n) is 4.57. The maximum absolute atomic E-state index is 2.24. The molecule has 0 saturated heterocycles. The highest BCUT2D eigenvalue weighted by molar-refractivity contribution is 6.16. The van der Waals surface area contributed by atoms with Crippen LogP contribution in [0.2, 0.25) is 0 Å². The summed E-state index contributed by atoms with van der Waals surface area (Å²) in [5.74, 6) is 0. The van der Waals surface area contributed by atoms with Gasteiger partial charge in [0.15, 0.2) is 0 Å². The van der Waals surface area contributed by atoms with Crippen molar-refractivity contribution in [1.29, 1.82) is 0 Å². The van der Waals surface area contributed by atoms with Crippen molar-refractivity contribution in [3.8, 4) is 0 Å². The van der Waals surface area contributed by atoms with Gasteiger partial charge in [0, 0.05) is 0 Å². The first-order valence-corrected chi connectivity index (χ1v) is 3.68. The molecular formula is C5H11Al. The van der Waals surface area contributed by atoms with Crippen molar-refractivity contribution in [3.05, 3.63) is 11.0 Å². The van der Waals surface area contributed by atoms with E-state index in [1.54, 1.807) is 0 Å². The molecule has 0 aliphatic rings. The largest absolute Gasteiger partial charge is 0.246 e. The Balaban J connectivity index is 2.66. The Morgan fingerprint density at radius 1 is 1.67 bits per heavy atom. The Hall–Kier alpha value is 0.272. The summed E-state index contributed by atoms with van der Waals surface area (Å²) >= 11 is 1.22. The quantitative estimate of drug-likeness (QED) is 0.451. The van der Waals surface area contributed by atoms with Crippen LogP contribution in [0.4, 0.5) is 0 Å². The number of hydrogen-bond acceptors (Lipinski definition) is 0. The molecule has 0 rings (SSSR count). The van der Waals surface area contributed by atoms with E-state index in [-0.39, 0.29) is 0 Å². The Morgan fingerprint density at radius 3 is 2.50 bits per heavy atom. The lowest BCUT2D eigenvalue weighted by molar-refractivity contribution is 0.960. The van der Waals surface area contributed by atoms with Crippen LogP contribution in [-0.4, -0.2) is 16.3 Å². The molecule has 0 radical (unpaired) electrons. The van der Waals surface area contributed by atoms with Crippen LogP contribution in [0, 0.1) is 0 Å². The maximum atomic E-state index is 2.24. The van der Waals surface area contributed by atoms with E-state index in [0.717, 1.165) is 0 Å². The van der Waals surface area contributed by atoms with E-state index < -0.39 is 0 Å². The summed E-state index contributed by atoms with van der Waals surface area (Å²) in [5, 5.41) is 0. The number of allylic oxidation sites excluding steroid dienone is 1. The molecule has 0 unspecified atom stereocenters. The highest BCUT2D eigenvalue weighted by Crippen LogP contribution is 1.84. The summed E-state index contributed by atoms with van der Waals surface area (Å²) in [6.45, 7) is 2.20. The SMILES string of the molecule is CCC/C=[CH]/[AlH2]. The van der Waals surface area contributed by atoms with Crippen LogP contribution in [0.5, 0.6) is 0 Å². The van der Waals surface area contributed by atoms with Gasteiger partial charge in [-0.05, 0) is 6.42 Å². The molecule has 0 aliphatic heterocycles. The summed E-state index contributed by atoms with van der Waals surface area (Å²) in [7, 11) is 0. The van der Waals surface area contributed by atoms with Crippen LogP contribution in [-0.2, 0) is 0 Å². The fourth-order valence-corrected chi connectivity index (χ4v) is 0.667. The standard InChI is InChI=1S/C5H9.Al.2H/c1-3-5-4-2;;;/h1,3H,4-5H2,2H3;;;. The summed E-state index contributed by atoms with van der Waals surface area (Å²) in [5.41, 5.74) is 0. The zero-order chi connectivity index (χ0) is 4.83. The smallest absolute Gasteiger partial charge is 0.157 e. The van der Waals surface area contributed by atoms with Crippen LogP contribution in [0.3, 0.4) is 0 Å². The minimum atomic E-state index is 1.22. The van der Waals surface area contributed by atoms with Crippen molar-refractivity contribution in [3.63, 3.8) is 0 Å². The molecule has 0 amide bonds. The van der Waals surface area contributed by atoms with Gasteiger partial charge in [-0.3, -0.25) is 0 Å². The van der Waals surface area contributed by atoms with Crippen molar-refractivity contribution < 1.29 is 0 Å². The summed E-state index contributed by atoms with van der Waals surface area (Å²) in [6, 6.07) is 0. The molecular weight excluding hydrogens is 87.0 g/mol. The molecule has 0 heterocycles. The second-order valence-electron chi connectivity index (χ2n) is 1.36. The van der Waals surface area contributed by atoms with Gasteiger partial charge in [0.2, 0.25) is 16.3 Å². The van der Waals surface area contributed by atoms with Gasteiger partial charge in [0.05, 0.1) is 0 Å². The van der Waals surface area contributed by atoms with Gasteiger partial charge in [0.25, 0.3) is 0 Å². The van der Waals surface area contributed by atoms with Crippen LogP contribution in [0.25, 0.3) is 0 Å². The van der Waals surface area contributed by atoms with E-state index >= 15 is 0 Å². The number of unbranched alkanes of at least 4 members (excludes halogenated alkanes) is 1. The topological polar surface area (TPSA) is 0 Å². The van der Waals surface area contributed by atoms with E-state index in [1.807, 2.05) is 0 Å². The number of rotatable bonds is 2. The van der Waals surface area contributed by atoms with Gasteiger partial charge in [-0.2, -0.15) is 4.94 Å². The second-order valence-corrected chi connectivity index (χ2v) is 2.02. The van der Waals surface area contributed by atoms with E-state index in [1.165, 1.54) is 29.1 Å². The highest BCUT2D eigenvalue weighted by atomic mass is 27.0. The van der Waals surface area contributed by atoms with Crippen molar-refractivity contribution >= 4 is 16.3 Å². The highest BCUT2D eigenvalue weighted by Gasteiger charge is 1.64. The summed E-state index contributed by atoms with van der Waals surface area (Å²) < 4.78 is 0. The van der Waals surface area contributed by atoms with E-state index in [2.05, 4.69) is 17.9 Å². The Kier molecular flexibility index (Phi) is 5.51. The van der Waals surface area contributed by atoms with Gasteiger partial charge in [-0.15, -0.1) is 6.08 Å². The molecule has 0 N–H and O–H groups in total. The van der Waals surface area contributed by atoms with Gasteiger partial charge in [0.1, 0.15) is 0 Å². The molecule has 0 aromatic rings. The average Bonchev–Trinajstić information content (AvgIpc) is 1.61. The molecule has 0 saturated carbocycles. The molecule has 0 aromatic heterocycles. The van der Waals surface area contributed by atoms with Crippen LogP contribution >= 0.6 is 0 Å². The Bertz CT molecular complexity index is 39.2.